The summed E-state index contributed by atoms with van der Waals surface area (Å²) in [5.74, 6) is -2.14. The van der Waals surface area contributed by atoms with E-state index in [1.54, 1.807) is 13.0 Å². The Kier molecular flexibility index (Phi) is 6.31. The van der Waals surface area contributed by atoms with Gasteiger partial charge in [-0.3, -0.25) is 9.59 Å². The summed E-state index contributed by atoms with van der Waals surface area (Å²) in [6.45, 7) is 1.57. The summed E-state index contributed by atoms with van der Waals surface area (Å²) >= 11 is 1.06. The highest BCUT2D eigenvalue weighted by Crippen LogP contribution is 2.19. The van der Waals surface area contributed by atoms with Gasteiger partial charge < -0.3 is 10.1 Å². The fourth-order valence-electron chi connectivity index (χ4n) is 1.72. The van der Waals surface area contributed by atoms with Crippen molar-refractivity contribution >= 4 is 29.3 Å². The van der Waals surface area contributed by atoms with Crippen molar-refractivity contribution in [2.75, 3.05) is 11.1 Å². The van der Waals surface area contributed by atoms with Crippen LogP contribution in [0.25, 0.3) is 0 Å². The van der Waals surface area contributed by atoms with Crippen molar-refractivity contribution < 1.29 is 23.1 Å². The van der Waals surface area contributed by atoms with E-state index in [1.807, 2.05) is 0 Å². The summed E-state index contributed by atoms with van der Waals surface area (Å²) in [5, 5.41) is 1.93. The maximum absolute atomic E-state index is 13.4. The Bertz CT molecular complexity index is 722. The second kappa shape index (κ2) is 8.44. The molecule has 0 spiro atoms. The molecule has 0 fully saturated rings. The molecule has 0 radical (unpaired) electrons. The first-order chi connectivity index (χ1) is 11.5. The third-order valence-corrected chi connectivity index (χ3v) is 4.09. The Morgan fingerprint density at radius 2 is 1.79 bits per heavy atom. The molecule has 0 bridgehead atoms. The largest absolute Gasteiger partial charge is 0.423 e. The van der Waals surface area contributed by atoms with E-state index in [4.69, 9.17) is 4.74 Å². The van der Waals surface area contributed by atoms with Gasteiger partial charge in [0.25, 0.3) is 0 Å². The lowest BCUT2D eigenvalue weighted by atomic mass is 10.3. The third kappa shape index (κ3) is 5.34. The van der Waals surface area contributed by atoms with E-state index >= 15 is 0 Å². The number of para-hydroxylation sites is 1. The normalized spacial score (nSPS) is 11.6. The van der Waals surface area contributed by atoms with E-state index in [2.05, 4.69) is 5.32 Å². The van der Waals surface area contributed by atoms with Gasteiger partial charge in [-0.25, -0.2) is 8.78 Å². The SMILES string of the molecule is CC(SCC(=O)Nc1ccc(F)cc1)C(=O)Oc1ccccc1F. The Labute approximate surface area is 142 Å². The van der Waals surface area contributed by atoms with Gasteiger partial charge in [0.05, 0.1) is 5.75 Å². The van der Waals surface area contributed by atoms with Gasteiger partial charge in [0.2, 0.25) is 5.91 Å². The van der Waals surface area contributed by atoms with Gasteiger partial charge in [0.15, 0.2) is 11.6 Å². The molecule has 2 rings (SSSR count). The molecule has 4 nitrogen and oxygen atoms in total. The zero-order chi connectivity index (χ0) is 17.5. The lowest BCUT2D eigenvalue weighted by Crippen LogP contribution is -2.23. The molecule has 2 aromatic rings. The molecule has 0 aliphatic carbocycles. The van der Waals surface area contributed by atoms with Crippen molar-refractivity contribution in [2.45, 2.75) is 12.2 Å². The van der Waals surface area contributed by atoms with Gasteiger partial charge in [0.1, 0.15) is 11.1 Å². The van der Waals surface area contributed by atoms with Crippen LogP contribution >= 0.6 is 11.8 Å². The third-order valence-electron chi connectivity index (χ3n) is 2.97. The predicted octanol–water partition coefficient (Wildman–Crippen LogP) is 3.63. The highest BCUT2D eigenvalue weighted by atomic mass is 32.2. The molecule has 0 heterocycles. The van der Waals surface area contributed by atoms with E-state index in [0.29, 0.717) is 5.69 Å². The molecule has 1 N–H and O–H groups in total. The van der Waals surface area contributed by atoms with Crippen LogP contribution in [0.3, 0.4) is 0 Å². The van der Waals surface area contributed by atoms with Crippen LogP contribution < -0.4 is 10.1 Å². The van der Waals surface area contributed by atoms with Crippen molar-refractivity contribution in [2.24, 2.45) is 0 Å². The topological polar surface area (TPSA) is 55.4 Å². The predicted molar refractivity (Wildman–Crippen MR) is 89.0 cm³/mol. The van der Waals surface area contributed by atoms with Gasteiger partial charge >= 0.3 is 5.97 Å². The van der Waals surface area contributed by atoms with Crippen molar-refractivity contribution in [3.8, 4) is 5.75 Å². The van der Waals surface area contributed by atoms with E-state index in [-0.39, 0.29) is 17.4 Å². The van der Waals surface area contributed by atoms with Crippen LogP contribution in [0.5, 0.6) is 5.75 Å². The van der Waals surface area contributed by atoms with E-state index < -0.39 is 22.9 Å². The second-order valence-electron chi connectivity index (χ2n) is 4.86. The highest BCUT2D eigenvalue weighted by molar-refractivity contribution is 8.01. The molecule has 0 saturated heterocycles. The minimum Gasteiger partial charge on any atom is -0.423 e. The molecule has 0 aromatic heterocycles. The number of hydrogen-bond acceptors (Lipinski definition) is 4. The van der Waals surface area contributed by atoms with E-state index in [0.717, 1.165) is 11.8 Å². The molecule has 24 heavy (non-hydrogen) atoms. The number of carbonyl (C=O) groups is 2. The molecule has 2 aromatic carbocycles. The standard InChI is InChI=1S/C17H15F2NO3S/c1-11(17(22)23-15-5-3-2-4-14(15)19)24-10-16(21)20-13-8-6-12(18)7-9-13/h2-9,11H,10H2,1H3,(H,20,21). The fraction of sp³-hybridized carbons (Fsp3) is 0.176. The van der Waals surface area contributed by atoms with Crippen molar-refractivity contribution in [3.63, 3.8) is 0 Å². The number of benzene rings is 2. The minimum absolute atomic E-state index is 0.00488. The molecule has 7 heteroatoms. The number of carbonyl (C=O) groups excluding carboxylic acids is 2. The molecule has 1 atom stereocenters. The average Bonchev–Trinajstić information content (AvgIpc) is 2.56. The molecule has 1 unspecified atom stereocenters. The molecule has 0 aliphatic rings. The maximum atomic E-state index is 13.4. The first-order valence-corrected chi connectivity index (χ1v) is 8.14. The molecule has 0 saturated carbocycles. The zero-order valence-corrected chi connectivity index (χ0v) is 13.6. The maximum Gasteiger partial charge on any atom is 0.324 e. The molecular formula is C17H15F2NO3S. The number of hydrogen-bond donors (Lipinski definition) is 1. The summed E-state index contributed by atoms with van der Waals surface area (Å²) in [6, 6.07) is 10.9. The smallest absolute Gasteiger partial charge is 0.324 e. The number of ether oxygens (including phenoxy) is 1. The number of anilines is 1. The minimum atomic E-state index is -0.649. The van der Waals surface area contributed by atoms with Gasteiger partial charge in [0, 0.05) is 5.69 Å². The molecule has 0 aliphatic heterocycles. The Hall–Kier alpha value is -2.41. The van der Waals surface area contributed by atoms with E-state index in [1.165, 1.54) is 42.5 Å². The number of thioether (sulfide) groups is 1. The van der Waals surface area contributed by atoms with Crippen molar-refractivity contribution in [1.82, 2.24) is 0 Å². The summed E-state index contributed by atoms with van der Waals surface area (Å²) < 4.78 is 31.2. The van der Waals surface area contributed by atoms with E-state index in [9.17, 15) is 18.4 Å². The van der Waals surface area contributed by atoms with Crippen LogP contribution in [-0.2, 0) is 9.59 Å². The van der Waals surface area contributed by atoms with Crippen molar-refractivity contribution in [1.29, 1.82) is 0 Å². The number of amides is 1. The van der Waals surface area contributed by atoms with Crippen LogP contribution in [0.2, 0.25) is 0 Å². The van der Waals surface area contributed by atoms with Crippen LogP contribution in [0.15, 0.2) is 48.5 Å². The first kappa shape index (κ1) is 17.9. The lowest BCUT2D eigenvalue weighted by molar-refractivity contribution is -0.133. The Morgan fingerprint density at radius 3 is 2.46 bits per heavy atom. The first-order valence-electron chi connectivity index (χ1n) is 7.09. The molecule has 126 valence electrons. The number of rotatable bonds is 6. The summed E-state index contributed by atoms with van der Waals surface area (Å²) in [6.07, 6.45) is 0. The Balaban J connectivity index is 1.80. The van der Waals surface area contributed by atoms with Gasteiger partial charge in [-0.2, -0.15) is 0 Å². The Morgan fingerprint density at radius 1 is 1.12 bits per heavy atom. The van der Waals surface area contributed by atoms with Crippen LogP contribution in [0, 0.1) is 11.6 Å². The quantitative estimate of drug-likeness (QED) is 0.638. The van der Waals surface area contributed by atoms with Gasteiger partial charge in [-0.15, -0.1) is 11.8 Å². The molecule has 1 amide bonds. The fourth-order valence-corrected chi connectivity index (χ4v) is 2.38. The highest BCUT2D eigenvalue weighted by Gasteiger charge is 2.19. The number of halogens is 2. The zero-order valence-electron chi connectivity index (χ0n) is 12.8. The van der Waals surface area contributed by atoms with Crippen LogP contribution in [-0.4, -0.2) is 22.9 Å². The molecular weight excluding hydrogens is 336 g/mol. The van der Waals surface area contributed by atoms with Gasteiger partial charge in [-0.05, 0) is 43.3 Å². The summed E-state index contributed by atoms with van der Waals surface area (Å²) in [7, 11) is 0. The van der Waals surface area contributed by atoms with Gasteiger partial charge in [-0.1, -0.05) is 12.1 Å². The number of esters is 1. The lowest BCUT2D eigenvalue weighted by Gasteiger charge is -2.11. The summed E-state index contributed by atoms with van der Waals surface area (Å²) in [5.41, 5.74) is 0.462. The second-order valence-corrected chi connectivity index (χ2v) is 6.19. The van der Waals surface area contributed by atoms with Crippen LogP contribution in [0.1, 0.15) is 6.92 Å². The monoisotopic (exact) mass is 351 g/mol. The van der Waals surface area contributed by atoms with Crippen LogP contribution in [0.4, 0.5) is 14.5 Å². The average molecular weight is 351 g/mol. The number of nitrogens with one attached hydrogen (secondary N) is 1. The summed E-state index contributed by atoms with van der Waals surface area (Å²) in [4.78, 5) is 23.7. The van der Waals surface area contributed by atoms with Crippen molar-refractivity contribution in [3.05, 3.63) is 60.2 Å².